The largest absolute Gasteiger partial charge is 0.355 e. The molecule has 0 aliphatic rings. The molecule has 1 atom stereocenters. The van der Waals surface area contributed by atoms with Gasteiger partial charge < -0.3 is 10.6 Å². The molecule has 4 rings (SSSR count). The maximum absolute atomic E-state index is 12.6. The second kappa shape index (κ2) is 8.51. The Morgan fingerprint density at radius 2 is 1.74 bits per heavy atom. The summed E-state index contributed by atoms with van der Waals surface area (Å²) in [6, 6.07) is 13.3. The van der Waals surface area contributed by atoms with E-state index in [4.69, 9.17) is 4.98 Å². The lowest BCUT2D eigenvalue weighted by Gasteiger charge is -2.15. The zero-order chi connectivity index (χ0) is 22.1. The van der Waals surface area contributed by atoms with Crippen LogP contribution in [0, 0.1) is 5.92 Å². The number of imidazole rings is 1. The molecule has 2 aromatic carbocycles. The van der Waals surface area contributed by atoms with Crippen LogP contribution in [-0.2, 0) is 0 Å². The van der Waals surface area contributed by atoms with Gasteiger partial charge in [0.05, 0.1) is 15.9 Å². The predicted molar refractivity (Wildman–Crippen MR) is 126 cm³/mol. The molecule has 160 valence electrons. The zero-order valence-electron chi connectivity index (χ0n) is 18.1. The molecule has 0 bridgehead atoms. The molecular formula is C24H26N4O2S. The molecule has 2 amide bonds. The third-order valence-electron chi connectivity index (χ3n) is 5.23. The van der Waals surface area contributed by atoms with Gasteiger partial charge in [0.1, 0.15) is 0 Å². The Morgan fingerprint density at radius 3 is 2.42 bits per heavy atom. The number of fused-ring (bicyclic) bond motifs is 3. The van der Waals surface area contributed by atoms with Gasteiger partial charge in [-0.2, -0.15) is 0 Å². The number of hydrogen-bond donors (Lipinski definition) is 2. The van der Waals surface area contributed by atoms with Crippen molar-refractivity contribution in [2.24, 2.45) is 5.92 Å². The molecule has 2 aromatic heterocycles. The minimum atomic E-state index is -0.109. The van der Waals surface area contributed by atoms with E-state index in [2.05, 4.69) is 24.5 Å². The van der Waals surface area contributed by atoms with Crippen molar-refractivity contribution in [3.63, 3.8) is 0 Å². The van der Waals surface area contributed by atoms with Crippen molar-refractivity contribution in [2.45, 2.75) is 33.2 Å². The van der Waals surface area contributed by atoms with E-state index < -0.39 is 0 Å². The lowest BCUT2D eigenvalue weighted by molar-refractivity contribution is 0.0934. The van der Waals surface area contributed by atoms with E-state index in [1.165, 1.54) is 0 Å². The van der Waals surface area contributed by atoms with Crippen LogP contribution in [0.1, 0.15) is 47.9 Å². The lowest BCUT2D eigenvalue weighted by atomic mass is 10.0. The van der Waals surface area contributed by atoms with Gasteiger partial charge in [0, 0.05) is 36.0 Å². The number of rotatable bonds is 6. The molecule has 0 radical (unpaired) electrons. The topological polar surface area (TPSA) is 75.5 Å². The average molecular weight is 435 g/mol. The Balaban J connectivity index is 1.59. The Kier molecular flexibility index (Phi) is 5.78. The summed E-state index contributed by atoms with van der Waals surface area (Å²) in [6.45, 7) is 6.35. The Hall–Kier alpha value is -3.19. The first-order valence-corrected chi connectivity index (χ1v) is 11.2. The van der Waals surface area contributed by atoms with Crippen molar-refractivity contribution in [3.8, 4) is 11.3 Å². The van der Waals surface area contributed by atoms with Crippen molar-refractivity contribution in [1.29, 1.82) is 0 Å². The van der Waals surface area contributed by atoms with Crippen molar-refractivity contribution in [2.75, 3.05) is 7.05 Å². The smallest absolute Gasteiger partial charge is 0.251 e. The highest BCUT2D eigenvalue weighted by molar-refractivity contribution is 7.23. The predicted octanol–water partition coefficient (Wildman–Crippen LogP) is 4.74. The molecule has 2 N–H and O–H groups in total. The van der Waals surface area contributed by atoms with Gasteiger partial charge in [0.15, 0.2) is 4.96 Å². The first-order chi connectivity index (χ1) is 14.9. The number of nitrogens with zero attached hydrogens (tertiary/aromatic N) is 2. The summed E-state index contributed by atoms with van der Waals surface area (Å²) >= 11 is 1.56. The standard InChI is InChI=1S/C24H26N4O2S/c1-14(2)11-15(3)26-23(30)18-9-10-20-21(12-18)31-24-27-19(13-28(20)24)16-5-7-17(8-6-16)22(29)25-4/h5-10,12-15H,11H2,1-4H3,(H,25,29)(H,26,30). The van der Waals surface area contributed by atoms with E-state index >= 15 is 0 Å². The van der Waals surface area contributed by atoms with Crippen LogP contribution in [0.25, 0.3) is 26.4 Å². The van der Waals surface area contributed by atoms with E-state index in [1.54, 1.807) is 30.5 Å². The Morgan fingerprint density at radius 1 is 1.03 bits per heavy atom. The van der Waals surface area contributed by atoms with Gasteiger partial charge in [-0.25, -0.2) is 4.98 Å². The third-order valence-corrected chi connectivity index (χ3v) is 6.25. The number of aromatic nitrogens is 2. The monoisotopic (exact) mass is 434 g/mol. The fraction of sp³-hybridized carbons (Fsp3) is 0.292. The molecule has 0 spiro atoms. The van der Waals surface area contributed by atoms with Crippen molar-refractivity contribution in [1.82, 2.24) is 20.0 Å². The Labute approximate surface area is 185 Å². The van der Waals surface area contributed by atoms with Gasteiger partial charge in [0.25, 0.3) is 11.8 Å². The number of carbonyl (C=O) groups excluding carboxylic acids is 2. The third kappa shape index (κ3) is 4.32. The van der Waals surface area contributed by atoms with Crippen LogP contribution in [0.3, 0.4) is 0 Å². The van der Waals surface area contributed by atoms with Crippen LogP contribution < -0.4 is 10.6 Å². The minimum absolute atomic E-state index is 0.0435. The highest BCUT2D eigenvalue weighted by Gasteiger charge is 2.15. The molecule has 0 aliphatic heterocycles. The molecule has 0 aliphatic carbocycles. The summed E-state index contributed by atoms with van der Waals surface area (Å²) < 4.78 is 3.07. The second-order valence-corrected chi connectivity index (χ2v) is 9.23. The maximum Gasteiger partial charge on any atom is 0.251 e. The lowest BCUT2D eigenvalue weighted by Crippen LogP contribution is -2.33. The number of carbonyl (C=O) groups is 2. The van der Waals surface area contributed by atoms with Crippen LogP contribution in [0.2, 0.25) is 0 Å². The summed E-state index contributed by atoms with van der Waals surface area (Å²) in [4.78, 5) is 30.0. The zero-order valence-corrected chi connectivity index (χ0v) is 18.9. The fourth-order valence-electron chi connectivity index (χ4n) is 3.79. The van der Waals surface area contributed by atoms with Gasteiger partial charge in [0.2, 0.25) is 0 Å². The van der Waals surface area contributed by atoms with Crippen LogP contribution in [0.15, 0.2) is 48.7 Å². The highest BCUT2D eigenvalue weighted by atomic mass is 32.1. The van der Waals surface area contributed by atoms with Gasteiger partial charge in [-0.05, 0) is 49.6 Å². The number of thiazole rings is 1. The molecule has 0 fully saturated rings. The van der Waals surface area contributed by atoms with Crippen LogP contribution in [0.4, 0.5) is 0 Å². The van der Waals surface area contributed by atoms with Crippen molar-refractivity contribution in [3.05, 3.63) is 59.8 Å². The average Bonchev–Trinajstić information content (AvgIpc) is 3.30. The molecule has 0 saturated heterocycles. The van der Waals surface area contributed by atoms with E-state index in [-0.39, 0.29) is 17.9 Å². The van der Waals surface area contributed by atoms with Gasteiger partial charge in [-0.1, -0.05) is 37.3 Å². The van der Waals surface area contributed by atoms with E-state index in [0.717, 1.165) is 32.9 Å². The van der Waals surface area contributed by atoms with Crippen LogP contribution >= 0.6 is 11.3 Å². The maximum atomic E-state index is 12.6. The number of amides is 2. The second-order valence-electron chi connectivity index (χ2n) is 8.22. The fourth-order valence-corrected chi connectivity index (χ4v) is 4.84. The molecular weight excluding hydrogens is 408 g/mol. The summed E-state index contributed by atoms with van der Waals surface area (Å²) in [5.74, 6) is 0.386. The highest BCUT2D eigenvalue weighted by Crippen LogP contribution is 2.30. The SMILES string of the molecule is CNC(=O)c1ccc(-c2cn3c(n2)sc2cc(C(=O)NC(C)CC(C)C)ccc23)cc1. The molecule has 31 heavy (non-hydrogen) atoms. The van der Waals surface area contributed by atoms with Crippen LogP contribution in [-0.4, -0.2) is 34.3 Å². The Bertz CT molecular complexity index is 1250. The number of nitrogens with one attached hydrogen (secondary N) is 2. The summed E-state index contributed by atoms with van der Waals surface area (Å²) in [7, 11) is 1.62. The summed E-state index contributed by atoms with van der Waals surface area (Å²) in [5, 5.41) is 5.71. The molecule has 7 heteroatoms. The minimum Gasteiger partial charge on any atom is -0.355 e. The van der Waals surface area contributed by atoms with Crippen molar-refractivity contribution >= 4 is 38.3 Å². The van der Waals surface area contributed by atoms with E-state index in [9.17, 15) is 9.59 Å². The van der Waals surface area contributed by atoms with E-state index in [1.807, 2.05) is 47.9 Å². The summed E-state index contributed by atoms with van der Waals surface area (Å²) in [6.07, 6.45) is 2.95. The number of hydrogen-bond acceptors (Lipinski definition) is 4. The van der Waals surface area contributed by atoms with Crippen molar-refractivity contribution < 1.29 is 9.59 Å². The van der Waals surface area contributed by atoms with Gasteiger partial charge in [-0.3, -0.25) is 14.0 Å². The molecule has 1 unspecified atom stereocenters. The first-order valence-electron chi connectivity index (χ1n) is 10.4. The molecule has 2 heterocycles. The van der Waals surface area contributed by atoms with E-state index in [0.29, 0.717) is 17.0 Å². The quantitative estimate of drug-likeness (QED) is 0.460. The normalized spacial score (nSPS) is 12.4. The molecule has 0 saturated carbocycles. The van der Waals surface area contributed by atoms with Crippen LogP contribution in [0.5, 0.6) is 0 Å². The molecule has 4 aromatic rings. The van der Waals surface area contributed by atoms with Gasteiger partial charge in [-0.15, -0.1) is 0 Å². The molecule has 6 nitrogen and oxygen atoms in total. The number of benzene rings is 2. The first kappa shape index (κ1) is 21.1. The van der Waals surface area contributed by atoms with Gasteiger partial charge >= 0.3 is 0 Å². The summed E-state index contributed by atoms with van der Waals surface area (Å²) in [5.41, 5.74) is 4.10.